The van der Waals surface area contributed by atoms with E-state index >= 15 is 0 Å². The molecule has 7 heteroatoms. The van der Waals surface area contributed by atoms with Crippen LogP contribution in [0.15, 0.2) is 42.5 Å². The van der Waals surface area contributed by atoms with Gasteiger partial charge in [-0.1, -0.05) is 37.6 Å². The predicted molar refractivity (Wildman–Crippen MR) is 112 cm³/mol. The van der Waals surface area contributed by atoms with Crippen molar-refractivity contribution in [3.63, 3.8) is 0 Å². The number of aryl methyl sites for hydroxylation is 1. The molecule has 1 unspecified atom stereocenters. The van der Waals surface area contributed by atoms with Crippen LogP contribution in [0.3, 0.4) is 0 Å². The topological polar surface area (TPSA) is 80.8 Å². The lowest BCUT2D eigenvalue weighted by molar-refractivity contribution is 0.0474. The molecule has 1 aliphatic rings. The summed E-state index contributed by atoms with van der Waals surface area (Å²) in [5, 5.41) is 0. The lowest BCUT2D eigenvalue weighted by Crippen LogP contribution is -2.34. The van der Waals surface area contributed by atoms with Crippen molar-refractivity contribution >= 4 is 27.5 Å². The summed E-state index contributed by atoms with van der Waals surface area (Å²) < 4.78 is 30.5. The molecule has 154 valence electrons. The van der Waals surface area contributed by atoms with Gasteiger partial charge in [-0.2, -0.15) is 0 Å². The first kappa shape index (κ1) is 21.0. The van der Waals surface area contributed by atoms with Crippen molar-refractivity contribution in [1.82, 2.24) is 0 Å². The Balaban J connectivity index is 1.66. The number of hydrogen-bond donors (Lipinski definition) is 0. The monoisotopic (exact) mass is 415 g/mol. The standard InChI is InChI=1S/C22H25NO5S/c1-4-5-16-6-8-17(9-7-16)21(24)14-28-22(25)18-10-11-20-19(13-18)12-15(2)23(20)29(3,26)27/h6-11,13,15H,4-5,12,14H2,1-3H3. The molecule has 0 amide bonds. The van der Waals surface area contributed by atoms with Gasteiger partial charge in [0, 0.05) is 11.6 Å². The molecule has 0 spiro atoms. The Morgan fingerprint density at radius 2 is 1.76 bits per heavy atom. The average molecular weight is 416 g/mol. The maximum atomic E-state index is 12.4. The van der Waals surface area contributed by atoms with Crippen LogP contribution >= 0.6 is 0 Å². The number of ketones is 1. The molecule has 0 aliphatic carbocycles. The Morgan fingerprint density at radius 3 is 2.38 bits per heavy atom. The number of benzene rings is 2. The van der Waals surface area contributed by atoms with Crippen LogP contribution in [-0.4, -0.2) is 39.1 Å². The molecule has 0 aromatic heterocycles. The second-order valence-corrected chi connectivity index (χ2v) is 9.26. The summed E-state index contributed by atoms with van der Waals surface area (Å²) in [7, 11) is -3.38. The number of carbonyl (C=O) groups is 2. The fourth-order valence-electron chi connectivity index (χ4n) is 3.68. The van der Waals surface area contributed by atoms with Crippen molar-refractivity contribution in [2.75, 3.05) is 17.2 Å². The SMILES string of the molecule is CCCc1ccc(C(=O)COC(=O)c2ccc3c(c2)CC(C)N3S(C)(=O)=O)cc1. The summed E-state index contributed by atoms with van der Waals surface area (Å²) in [5.41, 5.74) is 3.33. The second-order valence-electron chi connectivity index (χ2n) is 7.40. The molecule has 1 aliphatic heterocycles. The van der Waals surface area contributed by atoms with E-state index in [1.165, 1.54) is 16.6 Å². The summed E-state index contributed by atoms with van der Waals surface area (Å²) in [6.45, 7) is 3.58. The van der Waals surface area contributed by atoms with Crippen LogP contribution in [0, 0.1) is 0 Å². The molecular formula is C22H25NO5S. The minimum absolute atomic E-state index is 0.205. The van der Waals surface area contributed by atoms with Gasteiger partial charge in [0.05, 0.1) is 17.5 Å². The summed E-state index contributed by atoms with van der Waals surface area (Å²) >= 11 is 0. The Hall–Kier alpha value is -2.67. The van der Waals surface area contributed by atoms with E-state index in [0.717, 1.165) is 24.0 Å². The number of esters is 1. The van der Waals surface area contributed by atoms with Crippen molar-refractivity contribution < 1.29 is 22.7 Å². The Labute approximate surface area is 171 Å². The number of fused-ring (bicyclic) bond motifs is 1. The van der Waals surface area contributed by atoms with Crippen LogP contribution in [-0.2, 0) is 27.6 Å². The molecule has 0 saturated heterocycles. The first-order chi connectivity index (χ1) is 13.7. The summed E-state index contributed by atoms with van der Waals surface area (Å²) in [6.07, 6.45) is 3.68. The van der Waals surface area contributed by atoms with Crippen LogP contribution in [0.25, 0.3) is 0 Å². The number of carbonyl (C=O) groups excluding carboxylic acids is 2. The Kier molecular flexibility index (Phi) is 6.07. The van der Waals surface area contributed by atoms with Gasteiger partial charge in [0.1, 0.15) is 0 Å². The van der Waals surface area contributed by atoms with Crippen LogP contribution < -0.4 is 4.31 Å². The third-order valence-electron chi connectivity index (χ3n) is 4.97. The van der Waals surface area contributed by atoms with E-state index in [2.05, 4.69) is 6.92 Å². The highest BCUT2D eigenvalue weighted by molar-refractivity contribution is 7.92. The first-order valence-electron chi connectivity index (χ1n) is 9.62. The van der Waals surface area contributed by atoms with E-state index in [0.29, 0.717) is 23.2 Å². The third kappa shape index (κ3) is 4.67. The molecule has 0 fully saturated rings. The summed E-state index contributed by atoms with van der Waals surface area (Å²) in [4.78, 5) is 24.7. The van der Waals surface area contributed by atoms with E-state index in [4.69, 9.17) is 4.74 Å². The van der Waals surface area contributed by atoms with Crippen LogP contribution in [0.5, 0.6) is 0 Å². The smallest absolute Gasteiger partial charge is 0.338 e. The zero-order chi connectivity index (χ0) is 21.2. The third-order valence-corrected chi connectivity index (χ3v) is 6.25. The van der Waals surface area contributed by atoms with Crippen LogP contribution in [0.2, 0.25) is 0 Å². The molecule has 6 nitrogen and oxygen atoms in total. The van der Waals surface area contributed by atoms with Gasteiger partial charge in [-0.05, 0) is 49.1 Å². The van der Waals surface area contributed by atoms with Gasteiger partial charge in [-0.25, -0.2) is 13.2 Å². The normalized spacial score (nSPS) is 15.8. The van der Waals surface area contributed by atoms with Gasteiger partial charge in [0.25, 0.3) is 0 Å². The quantitative estimate of drug-likeness (QED) is 0.511. The zero-order valence-corrected chi connectivity index (χ0v) is 17.7. The maximum absolute atomic E-state index is 12.4. The second kappa shape index (κ2) is 8.37. The fourth-order valence-corrected chi connectivity index (χ4v) is 4.94. The Bertz CT molecular complexity index is 1030. The van der Waals surface area contributed by atoms with E-state index in [9.17, 15) is 18.0 Å². The molecule has 1 atom stereocenters. The number of nitrogens with zero attached hydrogens (tertiary/aromatic N) is 1. The van der Waals surface area contributed by atoms with E-state index < -0.39 is 16.0 Å². The minimum Gasteiger partial charge on any atom is -0.454 e. The van der Waals surface area contributed by atoms with Gasteiger partial charge in [0.15, 0.2) is 12.4 Å². The summed E-state index contributed by atoms with van der Waals surface area (Å²) in [5.74, 6) is -0.867. The number of Topliss-reactive ketones (excluding diaryl/α,β-unsaturated/α-hetero) is 1. The first-order valence-corrected chi connectivity index (χ1v) is 11.5. The Morgan fingerprint density at radius 1 is 1.10 bits per heavy atom. The van der Waals surface area contributed by atoms with Crippen LogP contribution in [0.4, 0.5) is 5.69 Å². The molecule has 2 aromatic rings. The van der Waals surface area contributed by atoms with Crippen molar-refractivity contribution in [3.8, 4) is 0 Å². The number of rotatable bonds is 7. The highest BCUT2D eigenvalue weighted by atomic mass is 32.2. The molecule has 2 aromatic carbocycles. The van der Waals surface area contributed by atoms with Gasteiger partial charge < -0.3 is 4.74 Å². The fraction of sp³-hybridized carbons (Fsp3) is 0.364. The lowest BCUT2D eigenvalue weighted by atomic mass is 10.1. The van der Waals surface area contributed by atoms with Gasteiger partial charge in [0.2, 0.25) is 10.0 Å². The number of sulfonamides is 1. The molecule has 0 saturated carbocycles. The zero-order valence-electron chi connectivity index (χ0n) is 16.8. The predicted octanol–water partition coefficient (Wildman–Crippen LogP) is 3.39. The number of hydrogen-bond acceptors (Lipinski definition) is 5. The van der Waals surface area contributed by atoms with Crippen molar-refractivity contribution in [1.29, 1.82) is 0 Å². The minimum atomic E-state index is -3.38. The molecule has 1 heterocycles. The molecule has 0 N–H and O–H groups in total. The highest BCUT2D eigenvalue weighted by Crippen LogP contribution is 2.34. The van der Waals surface area contributed by atoms with E-state index in [1.807, 2.05) is 19.1 Å². The average Bonchev–Trinajstić information content (AvgIpc) is 3.01. The lowest BCUT2D eigenvalue weighted by Gasteiger charge is -2.21. The van der Waals surface area contributed by atoms with Crippen LogP contribution in [0.1, 0.15) is 52.1 Å². The van der Waals surface area contributed by atoms with Crippen molar-refractivity contribution in [2.45, 2.75) is 39.2 Å². The highest BCUT2D eigenvalue weighted by Gasteiger charge is 2.33. The van der Waals surface area contributed by atoms with E-state index in [1.54, 1.807) is 24.3 Å². The molecular weight excluding hydrogens is 390 g/mol. The molecule has 3 rings (SSSR count). The largest absolute Gasteiger partial charge is 0.454 e. The maximum Gasteiger partial charge on any atom is 0.338 e. The van der Waals surface area contributed by atoms with Crippen molar-refractivity contribution in [3.05, 3.63) is 64.7 Å². The number of ether oxygens (including phenoxy) is 1. The number of anilines is 1. The summed E-state index contributed by atoms with van der Waals surface area (Å²) in [6, 6.07) is 11.9. The molecule has 29 heavy (non-hydrogen) atoms. The van der Waals surface area contributed by atoms with E-state index in [-0.39, 0.29) is 18.4 Å². The molecule has 0 bridgehead atoms. The van der Waals surface area contributed by atoms with Crippen molar-refractivity contribution in [2.24, 2.45) is 0 Å². The molecule has 0 radical (unpaired) electrons. The van der Waals surface area contributed by atoms with Gasteiger partial charge >= 0.3 is 5.97 Å². The van der Waals surface area contributed by atoms with Gasteiger partial charge in [-0.15, -0.1) is 0 Å². The van der Waals surface area contributed by atoms with Gasteiger partial charge in [-0.3, -0.25) is 9.10 Å².